The van der Waals surface area contributed by atoms with Crippen LogP contribution in [0.15, 0.2) is 12.3 Å². The van der Waals surface area contributed by atoms with Gasteiger partial charge in [0.25, 0.3) is 0 Å². The summed E-state index contributed by atoms with van der Waals surface area (Å²) in [6.07, 6.45) is 5.70. The Bertz CT molecular complexity index is 527. The number of pyridine rings is 1. The van der Waals surface area contributed by atoms with Crippen molar-refractivity contribution in [3.05, 3.63) is 18.1 Å². The van der Waals surface area contributed by atoms with Crippen molar-refractivity contribution in [3.63, 3.8) is 0 Å². The SMILES string of the molecule is CCN(C)c1ccnc2nc(C3CCC3)[nH]c12. The van der Waals surface area contributed by atoms with Gasteiger partial charge in [0.15, 0.2) is 5.65 Å². The second-order valence-electron chi connectivity index (χ2n) is 4.79. The zero-order valence-electron chi connectivity index (χ0n) is 10.4. The van der Waals surface area contributed by atoms with Crippen LogP contribution < -0.4 is 4.90 Å². The number of hydrogen-bond acceptors (Lipinski definition) is 3. The molecule has 3 rings (SSSR count). The van der Waals surface area contributed by atoms with E-state index in [1.54, 1.807) is 0 Å². The minimum atomic E-state index is 0.629. The second-order valence-corrected chi connectivity index (χ2v) is 4.79. The minimum Gasteiger partial charge on any atom is -0.373 e. The molecule has 90 valence electrons. The summed E-state index contributed by atoms with van der Waals surface area (Å²) in [5.74, 6) is 1.75. The molecule has 0 aliphatic heterocycles. The van der Waals surface area contributed by atoms with E-state index in [1.165, 1.54) is 24.9 Å². The van der Waals surface area contributed by atoms with E-state index in [1.807, 2.05) is 6.20 Å². The van der Waals surface area contributed by atoms with Gasteiger partial charge in [-0.1, -0.05) is 6.42 Å². The summed E-state index contributed by atoms with van der Waals surface area (Å²) in [5, 5.41) is 0. The van der Waals surface area contributed by atoms with Crippen LogP contribution in [-0.2, 0) is 0 Å². The lowest BCUT2D eigenvalue weighted by Crippen LogP contribution is -2.16. The van der Waals surface area contributed by atoms with Crippen LogP contribution in [-0.4, -0.2) is 28.5 Å². The first-order valence-electron chi connectivity index (χ1n) is 6.35. The topological polar surface area (TPSA) is 44.8 Å². The molecule has 0 bridgehead atoms. The van der Waals surface area contributed by atoms with Gasteiger partial charge >= 0.3 is 0 Å². The third kappa shape index (κ3) is 1.68. The lowest BCUT2D eigenvalue weighted by Gasteiger charge is -2.22. The summed E-state index contributed by atoms with van der Waals surface area (Å²) >= 11 is 0. The highest BCUT2D eigenvalue weighted by molar-refractivity contribution is 5.85. The van der Waals surface area contributed by atoms with E-state index >= 15 is 0 Å². The molecule has 4 nitrogen and oxygen atoms in total. The number of nitrogens with one attached hydrogen (secondary N) is 1. The third-order valence-electron chi connectivity index (χ3n) is 3.77. The van der Waals surface area contributed by atoms with Gasteiger partial charge in [0.1, 0.15) is 11.3 Å². The molecule has 0 spiro atoms. The Morgan fingerprint density at radius 1 is 1.47 bits per heavy atom. The molecule has 0 radical (unpaired) electrons. The Morgan fingerprint density at radius 3 is 2.94 bits per heavy atom. The highest BCUT2D eigenvalue weighted by atomic mass is 15.1. The number of aromatic amines is 1. The van der Waals surface area contributed by atoms with Crippen LogP contribution in [0.5, 0.6) is 0 Å². The molecule has 0 unspecified atom stereocenters. The maximum atomic E-state index is 4.62. The predicted octanol–water partition coefficient (Wildman–Crippen LogP) is 2.68. The Hall–Kier alpha value is -1.58. The lowest BCUT2D eigenvalue weighted by atomic mass is 9.85. The van der Waals surface area contributed by atoms with E-state index in [2.05, 4.69) is 39.9 Å². The molecule has 2 heterocycles. The molecule has 17 heavy (non-hydrogen) atoms. The molecular weight excluding hydrogens is 212 g/mol. The van der Waals surface area contributed by atoms with Crippen molar-refractivity contribution in [3.8, 4) is 0 Å². The van der Waals surface area contributed by atoms with Crippen molar-refractivity contribution in [2.75, 3.05) is 18.5 Å². The highest BCUT2D eigenvalue weighted by Crippen LogP contribution is 2.36. The summed E-state index contributed by atoms with van der Waals surface area (Å²) in [6.45, 7) is 3.13. The van der Waals surface area contributed by atoms with Crippen LogP contribution >= 0.6 is 0 Å². The molecule has 1 saturated carbocycles. The molecule has 0 saturated heterocycles. The molecule has 0 amide bonds. The molecule has 0 atom stereocenters. The van der Waals surface area contributed by atoms with E-state index in [-0.39, 0.29) is 0 Å². The molecule has 1 fully saturated rings. The first-order chi connectivity index (χ1) is 8.29. The van der Waals surface area contributed by atoms with Gasteiger partial charge in [-0.25, -0.2) is 9.97 Å². The fraction of sp³-hybridized carbons (Fsp3) is 0.538. The van der Waals surface area contributed by atoms with Gasteiger partial charge in [-0.3, -0.25) is 0 Å². The van der Waals surface area contributed by atoms with Crippen LogP contribution in [0.2, 0.25) is 0 Å². The number of H-pyrrole nitrogens is 1. The number of aromatic nitrogens is 3. The van der Waals surface area contributed by atoms with E-state index in [9.17, 15) is 0 Å². The first-order valence-corrected chi connectivity index (χ1v) is 6.35. The molecule has 4 heteroatoms. The van der Waals surface area contributed by atoms with Gasteiger partial charge in [-0.05, 0) is 25.8 Å². The van der Waals surface area contributed by atoms with Crippen LogP contribution in [0.25, 0.3) is 11.2 Å². The molecule has 1 N–H and O–H groups in total. The molecule has 1 aliphatic carbocycles. The standard InChI is InChI=1S/C13H18N4/c1-3-17(2)10-7-8-14-13-11(10)15-12(16-13)9-5-4-6-9/h7-9H,3-6H2,1-2H3,(H,14,15,16). The predicted molar refractivity (Wildman–Crippen MR) is 69.4 cm³/mol. The summed E-state index contributed by atoms with van der Waals surface area (Å²) in [6, 6.07) is 2.05. The number of rotatable bonds is 3. The molecule has 1 aliphatic rings. The van der Waals surface area contributed by atoms with E-state index < -0.39 is 0 Å². The van der Waals surface area contributed by atoms with Crippen molar-refractivity contribution in [2.24, 2.45) is 0 Å². The summed E-state index contributed by atoms with van der Waals surface area (Å²) in [7, 11) is 2.10. The van der Waals surface area contributed by atoms with Gasteiger partial charge in [0, 0.05) is 25.7 Å². The lowest BCUT2D eigenvalue weighted by molar-refractivity contribution is 0.404. The quantitative estimate of drug-likeness (QED) is 0.881. The maximum Gasteiger partial charge on any atom is 0.179 e. The number of fused-ring (bicyclic) bond motifs is 1. The largest absolute Gasteiger partial charge is 0.373 e. The fourth-order valence-corrected chi connectivity index (χ4v) is 2.28. The summed E-state index contributed by atoms with van der Waals surface area (Å²) in [4.78, 5) is 14.7. The van der Waals surface area contributed by atoms with Gasteiger partial charge in [-0.15, -0.1) is 0 Å². The van der Waals surface area contributed by atoms with Crippen LogP contribution in [0.3, 0.4) is 0 Å². The Balaban J connectivity index is 2.07. The van der Waals surface area contributed by atoms with E-state index in [0.29, 0.717) is 5.92 Å². The van der Waals surface area contributed by atoms with E-state index in [0.717, 1.165) is 23.5 Å². The zero-order valence-corrected chi connectivity index (χ0v) is 10.4. The molecule has 0 aromatic carbocycles. The van der Waals surface area contributed by atoms with Crippen molar-refractivity contribution >= 4 is 16.9 Å². The molecular formula is C13H18N4. The molecule has 2 aromatic rings. The Labute approximate surface area is 101 Å². The highest BCUT2D eigenvalue weighted by Gasteiger charge is 2.23. The molecule has 2 aromatic heterocycles. The smallest absolute Gasteiger partial charge is 0.179 e. The van der Waals surface area contributed by atoms with Gasteiger partial charge in [0.2, 0.25) is 0 Å². The van der Waals surface area contributed by atoms with Gasteiger partial charge < -0.3 is 9.88 Å². The summed E-state index contributed by atoms with van der Waals surface area (Å²) < 4.78 is 0. The van der Waals surface area contributed by atoms with Crippen molar-refractivity contribution < 1.29 is 0 Å². The van der Waals surface area contributed by atoms with Crippen molar-refractivity contribution in [2.45, 2.75) is 32.1 Å². The van der Waals surface area contributed by atoms with Crippen LogP contribution in [0.4, 0.5) is 5.69 Å². The van der Waals surface area contributed by atoms with E-state index in [4.69, 9.17) is 0 Å². The van der Waals surface area contributed by atoms with Crippen LogP contribution in [0, 0.1) is 0 Å². The number of hydrogen-bond donors (Lipinski definition) is 1. The second kappa shape index (κ2) is 4.02. The Morgan fingerprint density at radius 2 is 2.29 bits per heavy atom. The Kier molecular flexibility index (Phi) is 2.50. The van der Waals surface area contributed by atoms with Gasteiger partial charge in [0.05, 0.1) is 5.69 Å². The van der Waals surface area contributed by atoms with Crippen molar-refractivity contribution in [1.29, 1.82) is 0 Å². The average Bonchev–Trinajstić information content (AvgIpc) is 2.68. The minimum absolute atomic E-state index is 0.629. The maximum absolute atomic E-state index is 4.62. The normalized spacial score (nSPS) is 16.1. The zero-order chi connectivity index (χ0) is 11.8. The third-order valence-corrected chi connectivity index (χ3v) is 3.77. The van der Waals surface area contributed by atoms with Crippen LogP contribution in [0.1, 0.15) is 37.9 Å². The summed E-state index contributed by atoms with van der Waals surface area (Å²) in [5.41, 5.74) is 3.12. The first kappa shape index (κ1) is 10.6. The fourth-order valence-electron chi connectivity index (χ4n) is 2.28. The number of imidazole rings is 1. The van der Waals surface area contributed by atoms with Crippen molar-refractivity contribution in [1.82, 2.24) is 15.0 Å². The number of anilines is 1. The average molecular weight is 230 g/mol. The van der Waals surface area contributed by atoms with Gasteiger partial charge in [-0.2, -0.15) is 0 Å². The number of nitrogens with zero attached hydrogens (tertiary/aromatic N) is 3. The monoisotopic (exact) mass is 230 g/mol.